The van der Waals surface area contributed by atoms with Crippen molar-refractivity contribution in [3.8, 4) is 0 Å². The molecule has 0 unspecified atom stereocenters. The van der Waals surface area contributed by atoms with Crippen molar-refractivity contribution in [3.05, 3.63) is 34.4 Å². The topological polar surface area (TPSA) is 55.1 Å². The number of nitrogens with one attached hydrogen (secondary N) is 1. The summed E-state index contributed by atoms with van der Waals surface area (Å²) < 4.78 is 0. The molecule has 1 aromatic rings. The van der Waals surface area contributed by atoms with E-state index in [-0.39, 0.29) is 5.91 Å². The van der Waals surface area contributed by atoms with Crippen LogP contribution in [0.2, 0.25) is 0 Å². The number of nitrogens with two attached hydrogens (primary N) is 1. The van der Waals surface area contributed by atoms with Gasteiger partial charge in [-0.2, -0.15) is 0 Å². The molecule has 0 radical (unpaired) electrons. The number of carbonyl (C=O) groups excluding carboxylic acids is 1. The highest BCUT2D eigenvalue weighted by Crippen LogP contribution is 2.22. The maximum Gasteiger partial charge on any atom is 0.265 e. The predicted octanol–water partition coefficient (Wildman–Crippen LogP) is 2.03. The van der Waals surface area contributed by atoms with Crippen LogP contribution in [-0.2, 0) is 0 Å². The van der Waals surface area contributed by atoms with Gasteiger partial charge in [-0.15, -0.1) is 0 Å². The van der Waals surface area contributed by atoms with Crippen LogP contribution in [-0.4, -0.2) is 5.91 Å². The van der Waals surface area contributed by atoms with E-state index in [4.69, 9.17) is 5.84 Å². The van der Waals surface area contributed by atoms with Crippen molar-refractivity contribution in [2.24, 2.45) is 5.84 Å². The standard InChI is InChI=1S/C12H18N2O/c1-7(2)10-6-11(12(15)14-13)9(4)5-8(10)3/h5-7H,13H2,1-4H3,(H,14,15). The average Bonchev–Trinajstić information content (AvgIpc) is 2.16. The zero-order valence-electron chi connectivity index (χ0n) is 9.72. The molecule has 3 nitrogen and oxygen atoms in total. The highest BCUT2D eigenvalue weighted by atomic mass is 16.2. The Morgan fingerprint density at radius 1 is 1.27 bits per heavy atom. The Labute approximate surface area is 90.6 Å². The zero-order valence-corrected chi connectivity index (χ0v) is 9.72. The van der Waals surface area contributed by atoms with Gasteiger partial charge in [-0.05, 0) is 42.5 Å². The Hall–Kier alpha value is -1.35. The van der Waals surface area contributed by atoms with Crippen LogP contribution in [0.4, 0.5) is 0 Å². The van der Waals surface area contributed by atoms with E-state index in [1.807, 2.05) is 19.1 Å². The van der Waals surface area contributed by atoms with Gasteiger partial charge in [0.2, 0.25) is 0 Å². The van der Waals surface area contributed by atoms with Gasteiger partial charge >= 0.3 is 0 Å². The van der Waals surface area contributed by atoms with Crippen LogP contribution in [0.15, 0.2) is 12.1 Å². The molecule has 0 bridgehead atoms. The summed E-state index contributed by atoms with van der Waals surface area (Å²) in [4.78, 5) is 11.5. The summed E-state index contributed by atoms with van der Waals surface area (Å²) in [6, 6.07) is 3.96. The highest BCUT2D eigenvalue weighted by Gasteiger charge is 2.12. The quantitative estimate of drug-likeness (QED) is 0.442. The molecule has 0 saturated heterocycles. The summed E-state index contributed by atoms with van der Waals surface area (Å²) >= 11 is 0. The van der Waals surface area contributed by atoms with E-state index >= 15 is 0 Å². The number of aryl methyl sites for hydroxylation is 2. The zero-order chi connectivity index (χ0) is 11.6. The maximum atomic E-state index is 11.5. The molecule has 0 fully saturated rings. The molecular formula is C12H18N2O. The lowest BCUT2D eigenvalue weighted by atomic mass is 9.93. The summed E-state index contributed by atoms with van der Waals surface area (Å²) in [5.41, 5.74) is 6.20. The van der Waals surface area contributed by atoms with Gasteiger partial charge in [0.1, 0.15) is 0 Å². The normalized spacial score (nSPS) is 10.5. The van der Waals surface area contributed by atoms with Gasteiger partial charge in [-0.3, -0.25) is 10.2 Å². The van der Waals surface area contributed by atoms with Crippen molar-refractivity contribution in [1.82, 2.24) is 5.43 Å². The number of hydrogen-bond donors (Lipinski definition) is 2. The Morgan fingerprint density at radius 3 is 2.33 bits per heavy atom. The van der Waals surface area contributed by atoms with Crippen molar-refractivity contribution in [2.45, 2.75) is 33.6 Å². The molecule has 0 aliphatic rings. The first kappa shape index (κ1) is 11.7. The van der Waals surface area contributed by atoms with Gasteiger partial charge in [0.25, 0.3) is 5.91 Å². The van der Waals surface area contributed by atoms with Crippen LogP contribution in [0.3, 0.4) is 0 Å². The number of amides is 1. The average molecular weight is 206 g/mol. The fourth-order valence-electron chi connectivity index (χ4n) is 1.81. The van der Waals surface area contributed by atoms with E-state index in [1.165, 1.54) is 11.1 Å². The van der Waals surface area contributed by atoms with Gasteiger partial charge in [0.05, 0.1) is 0 Å². The number of rotatable bonds is 2. The third-order valence-electron chi connectivity index (χ3n) is 2.61. The van der Waals surface area contributed by atoms with Crippen LogP contribution in [0.1, 0.15) is 46.8 Å². The lowest BCUT2D eigenvalue weighted by Gasteiger charge is -2.13. The fraction of sp³-hybridized carbons (Fsp3) is 0.417. The third kappa shape index (κ3) is 2.36. The summed E-state index contributed by atoms with van der Waals surface area (Å²) in [6.45, 7) is 8.21. The second kappa shape index (κ2) is 4.45. The van der Waals surface area contributed by atoms with Gasteiger partial charge in [0.15, 0.2) is 0 Å². The van der Waals surface area contributed by atoms with Crippen molar-refractivity contribution >= 4 is 5.91 Å². The molecule has 0 saturated carbocycles. The summed E-state index contributed by atoms with van der Waals surface area (Å²) in [5.74, 6) is 5.32. The molecule has 3 heteroatoms. The summed E-state index contributed by atoms with van der Waals surface area (Å²) in [7, 11) is 0. The van der Waals surface area contributed by atoms with Crippen molar-refractivity contribution in [1.29, 1.82) is 0 Å². The van der Waals surface area contributed by atoms with Crippen molar-refractivity contribution in [3.63, 3.8) is 0 Å². The molecule has 1 rings (SSSR count). The molecule has 0 heterocycles. The second-order valence-corrected chi connectivity index (χ2v) is 4.15. The molecule has 0 aromatic heterocycles. The smallest absolute Gasteiger partial charge is 0.265 e. The van der Waals surface area contributed by atoms with E-state index in [9.17, 15) is 4.79 Å². The second-order valence-electron chi connectivity index (χ2n) is 4.15. The molecule has 1 aromatic carbocycles. The van der Waals surface area contributed by atoms with E-state index in [1.54, 1.807) is 0 Å². The van der Waals surface area contributed by atoms with Crippen LogP contribution < -0.4 is 11.3 Å². The Balaban J connectivity index is 3.29. The maximum absolute atomic E-state index is 11.5. The largest absolute Gasteiger partial charge is 0.290 e. The fourth-order valence-corrected chi connectivity index (χ4v) is 1.81. The number of nitrogen functional groups attached to an aromatic ring is 1. The number of benzene rings is 1. The Kier molecular flexibility index (Phi) is 3.48. The highest BCUT2D eigenvalue weighted by molar-refractivity contribution is 5.95. The molecule has 3 N–H and O–H groups in total. The first-order chi connectivity index (χ1) is 6.97. The van der Waals surface area contributed by atoms with Crippen LogP contribution >= 0.6 is 0 Å². The van der Waals surface area contributed by atoms with E-state index in [0.717, 1.165) is 5.56 Å². The number of carbonyl (C=O) groups is 1. The van der Waals surface area contributed by atoms with Gasteiger partial charge in [0, 0.05) is 5.56 Å². The minimum Gasteiger partial charge on any atom is -0.290 e. The van der Waals surface area contributed by atoms with Crippen molar-refractivity contribution in [2.75, 3.05) is 0 Å². The lowest BCUT2D eigenvalue weighted by Crippen LogP contribution is -2.30. The van der Waals surface area contributed by atoms with Gasteiger partial charge in [-0.1, -0.05) is 19.9 Å². The van der Waals surface area contributed by atoms with E-state index in [2.05, 4.69) is 26.2 Å². The van der Waals surface area contributed by atoms with Crippen molar-refractivity contribution < 1.29 is 4.79 Å². The van der Waals surface area contributed by atoms with E-state index in [0.29, 0.717) is 11.5 Å². The summed E-state index contributed by atoms with van der Waals surface area (Å²) in [5, 5.41) is 0. The van der Waals surface area contributed by atoms with Gasteiger partial charge in [-0.25, -0.2) is 5.84 Å². The van der Waals surface area contributed by atoms with E-state index < -0.39 is 0 Å². The van der Waals surface area contributed by atoms with Gasteiger partial charge < -0.3 is 0 Å². The predicted molar refractivity (Wildman–Crippen MR) is 61.7 cm³/mol. The lowest BCUT2D eigenvalue weighted by molar-refractivity contribution is 0.0953. The van der Waals surface area contributed by atoms with Crippen LogP contribution in [0.5, 0.6) is 0 Å². The van der Waals surface area contributed by atoms with Crippen LogP contribution in [0.25, 0.3) is 0 Å². The number of hydrogen-bond acceptors (Lipinski definition) is 2. The first-order valence-electron chi connectivity index (χ1n) is 5.09. The number of hydrazine groups is 1. The summed E-state index contributed by atoms with van der Waals surface area (Å²) in [6.07, 6.45) is 0. The molecule has 0 aliphatic carbocycles. The molecule has 15 heavy (non-hydrogen) atoms. The van der Waals surface area contributed by atoms with Crippen LogP contribution in [0, 0.1) is 13.8 Å². The Bertz CT molecular complexity index is 383. The first-order valence-corrected chi connectivity index (χ1v) is 5.09. The molecule has 1 amide bonds. The molecule has 0 atom stereocenters. The molecule has 0 aliphatic heterocycles. The Morgan fingerprint density at radius 2 is 1.87 bits per heavy atom. The molecular weight excluding hydrogens is 188 g/mol. The molecule has 0 spiro atoms. The molecule has 82 valence electrons. The minimum atomic E-state index is -0.227. The third-order valence-corrected chi connectivity index (χ3v) is 2.61. The SMILES string of the molecule is Cc1cc(C)c(C(C)C)cc1C(=O)NN. The minimum absolute atomic E-state index is 0.227. The monoisotopic (exact) mass is 206 g/mol.